The van der Waals surface area contributed by atoms with Gasteiger partial charge in [0.25, 0.3) is 21.8 Å². The van der Waals surface area contributed by atoms with Crippen LogP contribution >= 0.6 is 11.8 Å². The smallest absolute Gasteiger partial charge is 0.264 e. The Morgan fingerprint density at radius 3 is 2.26 bits per heavy atom. The number of nitrogens with one attached hydrogen (secondary N) is 2. The zero-order valence-corrected chi connectivity index (χ0v) is 22.4. The lowest BCUT2D eigenvalue weighted by molar-refractivity contribution is 0.0951. The monoisotopic (exact) mass is 546 g/mol. The normalized spacial score (nSPS) is 11.0. The van der Waals surface area contributed by atoms with Crippen molar-refractivity contribution in [2.24, 2.45) is 0 Å². The summed E-state index contributed by atoms with van der Waals surface area (Å²) in [5.74, 6) is -0.764. The van der Waals surface area contributed by atoms with Crippen molar-refractivity contribution in [2.75, 3.05) is 22.9 Å². The van der Waals surface area contributed by atoms with E-state index in [1.54, 1.807) is 91.3 Å². The van der Waals surface area contributed by atoms with E-state index in [0.717, 1.165) is 10.5 Å². The molecule has 2 N–H and O–H groups in total. The lowest BCUT2D eigenvalue weighted by Crippen LogP contribution is -2.26. The first-order valence-electron chi connectivity index (χ1n) is 11.6. The third-order valence-electron chi connectivity index (χ3n) is 5.81. The van der Waals surface area contributed by atoms with Gasteiger partial charge in [-0.25, -0.2) is 8.42 Å². The van der Waals surface area contributed by atoms with Crippen LogP contribution in [0.25, 0.3) is 0 Å². The van der Waals surface area contributed by atoms with E-state index in [1.807, 2.05) is 12.3 Å². The molecule has 2 amide bonds. The average molecular weight is 547 g/mol. The molecule has 1 aromatic heterocycles. The van der Waals surface area contributed by atoms with Crippen LogP contribution in [0, 0.1) is 0 Å². The van der Waals surface area contributed by atoms with E-state index in [9.17, 15) is 18.0 Å². The van der Waals surface area contributed by atoms with Crippen LogP contribution in [0.3, 0.4) is 0 Å². The molecule has 38 heavy (non-hydrogen) atoms. The minimum absolute atomic E-state index is 0.179. The number of anilines is 2. The van der Waals surface area contributed by atoms with Crippen LogP contribution in [0.1, 0.15) is 26.3 Å². The summed E-state index contributed by atoms with van der Waals surface area (Å²) in [6.45, 7) is 0.300. The third-order valence-corrected chi connectivity index (χ3v) is 8.35. The van der Waals surface area contributed by atoms with Crippen LogP contribution in [0.4, 0.5) is 11.4 Å². The molecular formula is C28H26N4O4S2. The van der Waals surface area contributed by atoms with Crippen molar-refractivity contribution in [3.63, 3.8) is 0 Å². The lowest BCUT2D eigenvalue weighted by Gasteiger charge is -2.20. The SMILES string of the molecule is CSc1ccc(S(=O)(=O)N(C)c2ccc(C(=O)Nc3ccccc3C(=O)NCc3cccnc3)cc2)cc1. The Morgan fingerprint density at radius 1 is 0.895 bits per heavy atom. The Hall–Kier alpha value is -4.15. The Bertz CT molecular complexity index is 1530. The van der Waals surface area contributed by atoms with Crippen molar-refractivity contribution in [1.29, 1.82) is 0 Å². The standard InChI is InChI=1S/C28H26N4O4S2/c1-32(38(35,36)24-15-13-23(37-2)14-16-24)22-11-9-21(10-12-22)27(33)31-26-8-4-3-7-25(26)28(34)30-19-20-6-5-17-29-18-20/h3-18H,19H2,1-2H3,(H,30,34)(H,31,33). The molecule has 8 nitrogen and oxygen atoms in total. The largest absolute Gasteiger partial charge is 0.348 e. The number of hydrogen-bond acceptors (Lipinski definition) is 6. The van der Waals surface area contributed by atoms with Gasteiger partial charge in [-0.1, -0.05) is 18.2 Å². The first-order valence-corrected chi connectivity index (χ1v) is 14.3. The Kier molecular flexibility index (Phi) is 8.45. The van der Waals surface area contributed by atoms with Crippen LogP contribution in [-0.2, 0) is 16.6 Å². The average Bonchev–Trinajstić information content (AvgIpc) is 2.96. The number of carbonyl (C=O) groups is 2. The number of rotatable bonds is 9. The van der Waals surface area contributed by atoms with Crippen molar-refractivity contribution in [2.45, 2.75) is 16.3 Å². The second-order valence-corrected chi connectivity index (χ2v) is 11.1. The molecule has 194 valence electrons. The summed E-state index contributed by atoms with van der Waals surface area (Å²) in [6, 6.07) is 23.2. The summed E-state index contributed by atoms with van der Waals surface area (Å²) in [5.41, 5.74) is 2.25. The number of aromatic nitrogens is 1. The van der Waals surface area contributed by atoms with Gasteiger partial charge in [-0.15, -0.1) is 11.8 Å². The van der Waals surface area contributed by atoms with Crippen molar-refractivity contribution >= 4 is 45.0 Å². The Morgan fingerprint density at radius 2 is 1.61 bits per heavy atom. The zero-order valence-electron chi connectivity index (χ0n) is 20.8. The topological polar surface area (TPSA) is 108 Å². The second kappa shape index (κ2) is 11.9. The molecule has 0 fully saturated rings. The molecule has 0 saturated carbocycles. The summed E-state index contributed by atoms with van der Waals surface area (Å²) >= 11 is 1.53. The van der Waals surface area contributed by atoms with Gasteiger partial charge in [-0.2, -0.15) is 0 Å². The fourth-order valence-corrected chi connectivity index (χ4v) is 5.24. The van der Waals surface area contributed by atoms with Crippen LogP contribution in [-0.4, -0.2) is 38.5 Å². The molecule has 3 aromatic carbocycles. The van der Waals surface area contributed by atoms with Gasteiger partial charge in [-0.05, 0) is 78.5 Å². The van der Waals surface area contributed by atoms with E-state index in [0.29, 0.717) is 29.0 Å². The van der Waals surface area contributed by atoms with Gasteiger partial charge in [0.05, 0.1) is 21.8 Å². The fourth-order valence-electron chi connectivity index (χ4n) is 3.63. The van der Waals surface area contributed by atoms with Gasteiger partial charge in [0.1, 0.15) is 0 Å². The van der Waals surface area contributed by atoms with Crippen molar-refractivity contribution < 1.29 is 18.0 Å². The van der Waals surface area contributed by atoms with E-state index in [2.05, 4.69) is 15.6 Å². The number of benzene rings is 3. The highest BCUT2D eigenvalue weighted by molar-refractivity contribution is 7.98. The number of carbonyl (C=O) groups excluding carboxylic acids is 2. The van der Waals surface area contributed by atoms with Gasteiger partial charge >= 0.3 is 0 Å². The molecule has 0 bridgehead atoms. The van der Waals surface area contributed by atoms with E-state index in [1.165, 1.54) is 23.1 Å². The number of pyridine rings is 1. The summed E-state index contributed by atoms with van der Waals surface area (Å²) in [4.78, 5) is 30.9. The molecule has 4 aromatic rings. The molecule has 0 aliphatic heterocycles. The van der Waals surface area contributed by atoms with Crippen molar-refractivity contribution in [3.05, 3.63) is 114 Å². The van der Waals surface area contributed by atoms with Crippen molar-refractivity contribution in [1.82, 2.24) is 10.3 Å². The molecule has 0 unspecified atom stereocenters. The highest BCUT2D eigenvalue weighted by Gasteiger charge is 2.22. The number of para-hydroxylation sites is 1. The Labute approximate surface area is 226 Å². The number of hydrogen-bond donors (Lipinski definition) is 2. The summed E-state index contributed by atoms with van der Waals surface area (Å²) in [6.07, 6.45) is 5.25. The quantitative estimate of drug-likeness (QED) is 0.292. The molecule has 4 rings (SSSR count). The van der Waals surface area contributed by atoms with E-state index < -0.39 is 15.9 Å². The third kappa shape index (κ3) is 6.21. The molecule has 0 spiro atoms. The number of amides is 2. The maximum absolute atomic E-state index is 13.0. The molecule has 0 radical (unpaired) electrons. The van der Waals surface area contributed by atoms with E-state index in [-0.39, 0.29) is 10.8 Å². The predicted octanol–water partition coefficient (Wildman–Crippen LogP) is 4.81. The van der Waals surface area contributed by atoms with Crippen molar-refractivity contribution in [3.8, 4) is 0 Å². The predicted molar refractivity (Wildman–Crippen MR) is 150 cm³/mol. The maximum Gasteiger partial charge on any atom is 0.264 e. The summed E-state index contributed by atoms with van der Waals surface area (Å²) < 4.78 is 27.2. The molecule has 0 saturated heterocycles. The fraction of sp³-hybridized carbons (Fsp3) is 0.107. The summed E-state index contributed by atoms with van der Waals surface area (Å²) in [7, 11) is -2.30. The van der Waals surface area contributed by atoms with Gasteiger partial charge in [-0.3, -0.25) is 18.9 Å². The second-order valence-electron chi connectivity index (χ2n) is 8.24. The Balaban J connectivity index is 1.45. The van der Waals surface area contributed by atoms with Gasteiger partial charge < -0.3 is 10.6 Å². The molecule has 0 atom stereocenters. The van der Waals surface area contributed by atoms with Gasteiger partial charge in [0.15, 0.2) is 0 Å². The highest BCUT2D eigenvalue weighted by Crippen LogP contribution is 2.25. The van der Waals surface area contributed by atoms with Crippen LogP contribution in [0.5, 0.6) is 0 Å². The number of thioether (sulfide) groups is 1. The zero-order chi connectivity index (χ0) is 27.1. The first-order chi connectivity index (χ1) is 18.3. The lowest BCUT2D eigenvalue weighted by atomic mass is 10.1. The molecule has 1 heterocycles. The number of sulfonamides is 1. The molecule has 0 aliphatic carbocycles. The number of nitrogens with zero attached hydrogens (tertiary/aromatic N) is 2. The van der Waals surface area contributed by atoms with E-state index in [4.69, 9.17) is 0 Å². The highest BCUT2D eigenvalue weighted by atomic mass is 32.2. The maximum atomic E-state index is 13.0. The molecular weight excluding hydrogens is 520 g/mol. The molecule has 10 heteroatoms. The minimum Gasteiger partial charge on any atom is -0.348 e. The van der Waals surface area contributed by atoms with Crippen LogP contribution in [0.2, 0.25) is 0 Å². The van der Waals surface area contributed by atoms with Crippen LogP contribution < -0.4 is 14.9 Å². The van der Waals surface area contributed by atoms with Crippen LogP contribution in [0.15, 0.2) is 107 Å². The van der Waals surface area contributed by atoms with Gasteiger partial charge in [0, 0.05) is 36.4 Å². The van der Waals surface area contributed by atoms with E-state index >= 15 is 0 Å². The first kappa shape index (κ1) is 26.9. The minimum atomic E-state index is -3.76. The summed E-state index contributed by atoms with van der Waals surface area (Å²) in [5, 5.41) is 5.60. The van der Waals surface area contributed by atoms with Gasteiger partial charge in [0.2, 0.25) is 0 Å². The molecule has 0 aliphatic rings.